The Morgan fingerprint density at radius 3 is 2.71 bits per heavy atom. The zero-order valence-electron chi connectivity index (χ0n) is 16.5. The van der Waals surface area contributed by atoms with Gasteiger partial charge in [0.2, 0.25) is 0 Å². The lowest BCUT2D eigenvalue weighted by atomic mass is 10.1. The number of hydrogen-bond donors (Lipinski definition) is 1. The van der Waals surface area contributed by atoms with Gasteiger partial charge in [0.1, 0.15) is 0 Å². The normalized spacial score (nSPS) is 15.9. The number of carbonyl (C=O) groups is 1. The van der Waals surface area contributed by atoms with Gasteiger partial charge in [-0.3, -0.25) is 9.69 Å². The highest BCUT2D eigenvalue weighted by Crippen LogP contribution is 2.16. The van der Waals surface area contributed by atoms with Crippen LogP contribution in [0.1, 0.15) is 29.3 Å². The number of thioether (sulfide) groups is 1. The summed E-state index contributed by atoms with van der Waals surface area (Å²) in [7, 11) is 0. The highest BCUT2D eigenvalue weighted by molar-refractivity contribution is 7.99. The first-order chi connectivity index (χ1) is 13.7. The average Bonchev–Trinajstić information content (AvgIpc) is 2.74. The molecule has 3 rings (SSSR count). The van der Waals surface area contributed by atoms with Crippen LogP contribution in [0.3, 0.4) is 0 Å². The van der Waals surface area contributed by atoms with Crippen LogP contribution < -0.4 is 5.32 Å². The topological polar surface area (TPSA) is 54.5 Å². The SMILES string of the molecule is CC(CCc1ccccc1)NC(=O)c1ccc(SCCN2CCOCC2)nc1. The summed E-state index contributed by atoms with van der Waals surface area (Å²) in [6, 6.07) is 14.3. The van der Waals surface area contributed by atoms with Crippen molar-refractivity contribution in [1.29, 1.82) is 0 Å². The fourth-order valence-corrected chi connectivity index (χ4v) is 3.96. The third-order valence-electron chi connectivity index (χ3n) is 4.85. The van der Waals surface area contributed by atoms with Gasteiger partial charge in [-0.25, -0.2) is 4.98 Å². The Hall–Kier alpha value is -1.89. The minimum Gasteiger partial charge on any atom is -0.379 e. The molecular weight excluding hydrogens is 370 g/mol. The number of nitrogens with one attached hydrogen (secondary N) is 1. The van der Waals surface area contributed by atoms with E-state index in [-0.39, 0.29) is 11.9 Å². The molecule has 1 aromatic carbocycles. The van der Waals surface area contributed by atoms with Crippen LogP contribution in [0.5, 0.6) is 0 Å². The zero-order valence-corrected chi connectivity index (χ0v) is 17.3. The Kier molecular flexibility index (Phi) is 8.33. The van der Waals surface area contributed by atoms with E-state index in [1.165, 1.54) is 5.56 Å². The number of morpholine rings is 1. The third kappa shape index (κ3) is 6.93. The van der Waals surface area contributed by atoms with Crippen molar-refractivity contribution in [3.8, 4) is 0 Å². The quantitative estimate of drug-likeness (QED) is 0.656. The Morgan fingerprint density at radius 2 is 2.00 bits per heavy atom. The first-order valence-corrected chi connectivity index (χ1v) is 10.9. The van der Waals surface area contributed by atoms with Crippen LogP contribution in [0.2, 0.25) is 0 Å². The van der Waals surface area contributed by atoms with Crippen molar-refractivity contribution in [2.24, 2.45) is 0 Å². The monoisotopic (exact) mass is 399 g/mol. The lowest BCUT2D eigenvalue weighted by molar-refractivity contribution is 0.0410. The van der Waals surface area contributed by atoms with E-state index in [9.17, 15) is 4.79 Å². The van der Waals surface area contributed by atoms with E-state index >= 15 is 0 Å². The second kappa shape index (κ2) is 11.2. The van der Waals surface area contributed by atoms with Gasteiger partial charge in [-0.05, 0) is 37.5 Å². The van der Waals surface area contributed by atoms with Crippen molar-refractivity contribution < 1.29 is 9.53 Å². The molecular formula is C22H29N3O2S. The lowest BCUT2D eigenvalue weighted by Crippen LogP contribution is -2.37. The summed E-state index contributed by atoms with van der Waals surface area (Å²) in [5.74, 6) is 0.938. The molecule has 1 N–H and O–H groups in total. The molecule has 0 saturated carbocycles. The standard InChI is InChI=1S/C22H29N3O2S/c1-18(7-8-19-5-3-2-4-6-19)24-22(26)20-9-10-21(23-17-20)28-16-13-25-11-14-27-15-12-25/h2-6,9-10,17-18H,7-8,11-16H2,1H3,(H,24,26). The first-order valence-electron chi connectivity index (χ1n) is 9.94. The predicted molar refractivity (Wildman–Crippen MR) is 114 cm³/mol. The molecule has 6 heteroatoms. The zero-order chi connectivity index (χ0) is 19.6. The van der Waals surface area contributed by atoms with Crippen molar-refractivity contribution in [3.05, 3.63) is 59.8 Å². The third-order valence-corrected chi connectivity index (χ3v) is 5.77. The lowest BCUT2D eigenvalue weighted by Gasteiger charge is -2.26. The van der Waals surface area contributed by atoms with Crippen LogP contribution >= 0.6 is 11.8 Å². The van der Waals surface area contributed by atoms with Crippen molar-refractivity contribution in [2.45, 2.75) is 30.8 Å². The Morgan fingerprint density at radius 1 is 1.21 bits per heavy atom. The molecule has 2 aromatic rings. The van der Waals surface area contributed by atoms with Crippen LogP contribution in [0.4, 0.5) is 0 Å². The van der Waals surface area contributed by atoms with Crippen molar-refractivity contribution in [3.63, 3.8) is 0 Å². The average molecular weight is 400 g/mol. The number of carbonyl (C=O) groups excluding carboxylic acids is 1. The minimum atomic E-state index is -0.0575. The number of hydrogen-bond acceptors (Lipinski definition) is 5. The summed E-state index contributed by atoms with van der Waals surface area (Å²) >= 11 is 1.73. The molecule has 5 nitrogen and oxygen atoms in total. The van der Waals surface area contributed by atoms with E-state index in [0.29, 0.717) is 5.56 Å². The first kappa shape index (κ1) is 20.8. The van der Waals surface area contributed by atoms with E-state index < -0.39 is 0 Å². The molecule has 1 amide bonds. The molecule has 1 aliphatic heterocycles. The van der Waals surface area contributed by atoms with E-state index in [0.717, 1.165) is 56.5 Å². The molecule has 1 atom stereocenters. The number of ether oxygens (including phenoxy) is 1. The fourth-order valence-electron chi connectivity index (χ4n) is 3.11. The number of benzene rings is 1. The van der Waals surface area contributed by atoms with Gasteiger partial charge in [0.15, 0.2) is 0 Å². The number of amides is 1. The van der Waals surface area contributed by atoms with Crippen LogP contribution in [-0.4, -0.2) is 60.4 Å². The van der Waals surface area contributed by atoms with Crippen LogP contribution in [0.25, 0.3) is 0 Å². The van der Waals surface area contributed by atoms with Gasteiger partial charge in [0.25, 0.3) is 5.91 Å². The highest BCUT2D eigenvalue weighted by atomic mass is 32.2. The van der Waals surface area contributed by atoms with Gasteiger partial charge in [-0.15, -0.1) is 11.8 Å². The van der Waals surface area contributed by atoms with E-state index in [1.54, 1.807) is 18.0 Å². The minimum absolute atomic E-state index is 0.0575. The number of aromatic nitrogens is 1. The largest absolute Gasteiger partial charge is 0.379 e. The molecule has 150 valence electrons. The molecule has 1 aromatic heterocycles. The molecule has 1 saturated heterocycles. The fraction of sp³-hybridized carbons (Fsp3) is 0.455. The molecule has 1 unspecified atom stereocenters. The summed E-state index contributed by atoms with van der Waals surface area (Å²) < 4.78 is 5.37. The van der Waals surface area contributed by atoms with Gasteiger partial charge in [0, 0.05) is 37.6 Å². The van der Waals surface area contributed by atoms with Crippen molar-refractivity contribution in [2.75, 3.05) is 38.6 Å². The van der Waals surface area contributed by atoms with Crippen molar-refractivity contribution >= 4 is 17.7 Å². The molecule has 2 heterocycles. The van der Waals surface area contributed by atoms with Crippen LogP contribution in [0.15, 0.2) is 53.7 Å². The maximum atomic E-state index is 12.4. The van der Waals surface area contributed by atoms with Crippen LogP contribution in [0, 0.1) is 0 Å². The Bertz CT molecular complexity index is 718. The van der Waals surface area contributed by atoms with E-state index in [2.05, 4.69) is 27.3 Å². The summed E-state index contributed by atoms with van der Waals surface area (Å²) in [5, 5.41) is 4.03. The maximum Gasteiger partial charge on any atom is 0.253 e. The number of pyridine rings is 1. The number of nitrogens with zero attached hydrogens (tertiary/aromatic N) is 2. The van der Waals surface area contributed by atoms with Gasteiger partial charge in [0.05, 0.1) is 23.8 Å². The predicted octanol–water partition coefficient (Wildman–Crippen LogP) is 3.26. The second-order valence-electron chi connectivity index (χ2n) is 7.09. The van der Waals surface area contributed by atoms with Gasteiger partial charge < -0.3 is 10.1 Å². The molecule has 0 aliphatic carbocycles. The number of rotatable bonds is 9. The summed E-state index contributed by atoms with van der Waals surface area (Å²) in [6.07, 6.45) is 3.55. The van der Waals surface area contributed by atoms with Crippen LogP contribution in [-0.2, 0) is 11.2 Å². The highest BCUT2D eigenvalue weighted by Gasteiger charge is 2.12. The Balaban J connectivity index is 1.38. The van der Waals surface area contributed by atoms with E-state index in [1.807, 2.05) is 37.3 Å². The molecule has 1 fully saturated rings. The smallest absolute Gasteiger partial charge is 0.253 e. The summed E-state index contributed by atoms with van der Waals surface area (Å²) in [5.41, 5.74) is 1.91. The van der Waals surface area contributed by atoms with Gasteiger partial charge in [-0.1, -0.05) is 30.3 Å². The molecule has 28 heavy (non-hydrogen) atoms. The number of aryl methyl sites for hydroxylation is 1. The molecule has 0 spiro atoms. The van der Waals surface area contributed by atoms with E-state index in [4.69, 9.17) is 4.74 Å². The van der Waals surface area contributed by atoms with Gasteiger partial charge in [-0.2, -0.15) is 0 Å². The maximum absolute atomic E-state index is 12.4. The van der Waals surface area contributed by atoms with Crippen molar-refractivity contribution in [1.82, 2.24) is 15.2 Å². The molecule has 0 radical (unpaired) electrons. The molecule has 0 bridgehead atoms. The molecule has 1 aliphatic rings. The Labute approximate surface area is 171 Å². The second-order valence-corrected chi connectivity index (χ2v) is 8.20. The van der Waals surface area contributed by atoms with Gasteiger partial charge >= 0.3 is 0 Å². The summed E-state index contributed by atoms with van der Waals surface area (Å²) in [6.45, 7) is 6.76. The summed E-state index contributed by atoms with van der Waals surface area (Å²) in [4.78, 5) is 19.3.